The molecular formula is C11H20O3. The Morgan fingerprint density at radius 2 is 1.64 bits per heavy atom. The second-order valence-corrected chi connectivity index (χ2v) is 5.07. The van der Waals surface area contributed by atoms with Crippen molar-refractivity contribution in [2.75, 3.05) is 0 Å². The van der Waals surface area contributed by atoms with E-state index in [0.717, 1.165) is 19.3 Å². The lowest BCUT2D eigenvalue weighted by molar-refractivity contribution is -0.165. The minimum absolute atomic E-state index is 0.0984. The number of carboxylic acid groups (broad SMARTS) is 1. The van der Waals surface area contributed by atoms with E-state index >= 15 is 0 Å². The summed E-state index contributed by atoms with van der Waals surface area (Å²) in [7, 11) is 0. The van der Waals surface area contributed by atoms with Crippen LogP contribution in [0.5, 0.6) is 0 Å². The molecule has 3 nitrogen and oxygen atoms in total. The largest absolute Gasteiger partial charge is 0.479 e. The zero-order valence-electron chi connectivity index (χ0n) is 9.16. The van der Waals surface area contributed by atoms with Crippen molar-refractivity contribution in [3.63, 3.8) is 0 Å². The van der Waals surface area contributed by atoms with Gasteiger partial charge >= 0.3 is 5.97 Å². The molecule has 0 bridgehead atoms. The van der Waals surface area contributed by atoms with Crippen molar-refractivity contribution in [3.8, 4) is 0 Å². The minimum atomic E-state index is -1.55. The van der Waals surface area contributed by atoms with Gasteiger partial charge in [0.2, 0.25) is 0 Å². The Labute approximate surface area is 85.1 Å². The van der Waals surface area contributed by atoms with Gasteiger partial charge in [0.25, 0.3) is 0 Å². The van der Waals surface area contributed by atoms with Gasteiger partial charge in [-0.3, -0.25) is 0 Å². The van der Waals surface area contributed by atoms with Gasteiger partial charge in [0.15, 0.2) is 5.60 Å². The van der Waals surface area contributed by atoms with Gasteiger partial charge < -0.3 is 10.2 Å². The predicted molar refractivity (Wildman–Crippen MR) is 53.9 cm³/mol. The number of carbonyl (C=O) groups is 1. The highest BCUT2D eigenvalue weighted by molar-refractivity contribution is 5.76. The van der Waals surface area contributed by atoms with Crippen LogP contribution in [-0.2, 0) is 4.79 Å². The van der Waals surface area contributed by atoms with E-state index in [1.54, 1.807) is 0 Å². The molecule has 0 heterocycles. The molecule has 14 heavy (non-hydrogen) atoms. The van der Waals surface area contributed by atoms with E-state index < -0.39 is 11.6 Å². The molecule has 0 aliphatic heterocycles. The van der Waals surface area contributed by atoms with Crippen LogP contribution in [0.3, 0.4) is 0 Å². The Balaban J connectivity index is 2.72. The molecule has 0 amide bonds. The van der Waals surface area contributed by atoms with E-state index in [2.05, 4.69) is 13.8 Å². The summed E-state index contributed by atoms with van der Waals surface area (Å²) < 4.78 is 0. The summed E-state index contributed by atoms with van der Waals surface area (Å²) in [4.78, 5) is 10.9. The van der Waals surface area contributed by atoms with E-state index in [4.69, 9.17) is 5.11 Å². The van der Waals surface area contributed by atoms with Crippen LogP contribution in [0.15, 0.2) is 0 Å². The van der Waals surface area contributed by atoms with Crippen LogP contribution in [0, 0.1) is 17.8 Å². The van der Waals surface area contributed by atoms with E-state index in [1.807, 2.05) is 0 Å². The smallest absolute Gasteiger partial charge is 0.335 e. The summed E-state index contributed by atoms with van der Waals surface area (Å²) >= 11 is 0. The molecule has 3 unspecified atom stereocenters. The Morgan fingerprint density at radius 3 is 2.00 bits per heavy atom. The summed E-state index contributed by atoms with van der Waals surface area (Å²) in [6.07, 6.45) is 2.79. The molecule has 0 radical (unpaired) electrons. The van der Waals surface area contributed by atoms with Crippen LogP contribution in [0.1, 0.15) is 40.0 Å². The van der Waals surface area contributed by atoms with Crippen molar-refractivity contribution in [2.24, 2.45) is 17.8 Å². The van der Waals surface area contributed by atoms with Crippen molar-refractivity contribution in [1.82, 2.24) is 0 Å². The maximum absolute atomic E-state index is 10.9. The third kappa shape index (κ3) is 2.27. The van der Waals surface area contributed by atoms with Gasteiger partial charge in [-0.2, -0.15) is 0 Å². The molecule has 1 aliphatic rings. The van der Waals surface area contributed by atoms with Crippen molar-refractivity contribution in [1.29, 1.82) is 0 Å². The number of hydrogen-bond acceptors (Lipinski definition) is 2. The quantitative estimate of drug-likeness (QED) is 0.715. The van der Waals surface area contributed by atoms with Gasteiger partial charge in [0.05, 0.1) is 0 Å². The summed E-state index contributed by atoms with van der Waals surface area (Å²) in [5.41, 5.74) is -1.55. The molecule has 1 rings (SSSR count). The monoisotopic (exact) mass is 200 g/mol. The molecule has 0 saturated heterocycles. The third-order valence-corrected chi connectivity index (χ3v) is 3.41. The van der Waals surface area contributed by atoms with Crippen molar-refractivity contribution in [3.05, 3.63) is 0 Å². The fourth-order valence-corrected chi connectivity index (χ4v) is 2.58. The first-order valence-corrected chi connectivity index (χ1v) is 5.29. The van der Waals surface area contributed by atoms with Gasteiger partial charge in [-0.15, -0.1) is 0 Å². The minimum Gasteiger partial charge on any atom is -0.479 e. The molecule has 1 aliphatic carbocycles. The highest BCUT2D eigenvalue weighted by Crippen LogP contribution is 2.38. The van der Waals surface area contributed by atoms with Crippen LogP contribution in [-0.4, -0.2) is 21.8 Å². The average molecular weight is 200 g/mol. The predicted octanol–water partition coefficient (Wildman–Crippen LogP) is 1.89. The molecule has 0 aromatic heterocycles. The van der Waals surface area contributed by atoms with E-state index in [1.165, 1.54) is 6.92 Å². The fraction of sp³-hybridized carbons (Fsp3) is 0.909. The number of aliphatic hydroxyl groups is 1. The summed E-state index contributed by atoms with van der Waals surface area (Å²) in [5, 5.41) is 18.8. The number of aliphatic carboxylic acids is 1. The maximum atomic E-state index is 10.9. The van der Waals surface area contributed by atoms with Crippen LogP contribution in [0.4, 0.5) is 0 Å². The van der Waals surface area contributed by atoms with Crippen LogP contribution >= 0.6 is 0 Å². The Kier molecular flexibility index (Phi) is 3.20. The van der Waals surface area contributed by atoms with Gasteiger partial charge in [0, 0.05) is 0 Å². The SMILES string of the molecule is CC1CC(C)CC(C(C)(O)C(=O)O)C1. The van der Waals surface area contributed by atoms with Crippen LogP contribution < -0.4 is 0 Å². The Hall–Kier alpha value is -0.570. The first-order valence-electron chi connectivity index (χ1n) is 5.29. The molecule has 1 saturated carbocycles. The molecule has 3 heteroatoms. The van der Waals surface area contributed by atoms with E-state index in [-0.39, 0.29) is 5.92 Å². The van der Waals surface area contributed by atoms with Crippen molar-refractivity contribution in [2.45, 2.75) is 45.6 Å². The highest BCUT2D eigenvalue weighted by atomic mass is 16.4. The average Bonchev–Trinajstić information content (AvgIpc) is 2.01. The first kappa shape index (κ1) is 11.5. The second kappa shape index (κ2) is 3.89. The normalized spacial score (nSPS) is 37.6. The van der Waals surface area contributed by atoms with Gasteiger partial charge in [0.1, 0.15) is 0 Å². The van der Waals surface area contributed by atoms with Crippen LogP contribution in [0.2, 0.25) is 0 Å². The Bertz CT molecular complexity index is 213. The molecule has 0 aromatic carbocycles. The number of rotatable bonds is 2. The maximum Gasteiger partial charge on any atom is 0.335 e. The summed E-state index contributed by atoms with van der Waals surface area (Å²) in [6.45, 7) is 5.67. The summed E-state index contributed by atoms with van der Waals surface area (Å²) in [6, 6.07) is 0. The Morgan fingerprint density at radius 1 is 1.21 bits per heavy atom. The summed E-state index contributed by atoms with van der Waals surface area (Å²) in [5.74, 6) is -0.147. The fourth-order valence-electron chi connectivity index (χ4n) is 2.58. The van der Waals surface area contributed by atoms with Crippen molar-refractivity contribution >= 4 is 5.97 Å². The van der Waals surface area contributed by atoms with Crippen LogP contribution in [0.25, 0.3) is 0 Å². The van der Waals surface area contributed by atoms with E-state index in [9.17, 15) is 9.90 Å². The van der Waals surface area contributed by atoms with Gasteiger partial charge in [-0.1, -0.05) is 13.8 Å². The lowest BCUT2D eigenvalue weighted by Gasteiger charge is -2.37. The number of hydrogen-bond donors (Lipinski definition) is 2. The zero-order valence-corrected chi connectivity index (χ0v) is 9.16. The molecule has 3 atom stereocenters. The van der Waals surface area contributed by atoms with Gasteiger partial charge in [-0.25, -0.2) is 4.79 Å². The van der Waals surface area contributed by atoms with Gasteiger partial charge in [-0.05, 0) is 43.9 Å². The molecule has 0 aromatic rings. The topological polar surface area (TPSA) is 57.5 Å². The third-order valence-electron chi connectivity index (χ3n) is 3.41. The lowest BCUT2D eigenvalue weighted by Crippen LogP contribution is -2.45. The van der Waals surface area contributed by atoms with Crippen molar-refractivity contribution < 1.29 is 15.0 Å². The first-order chi connectivity index (χ1) is 6.34. The standard InChI is InChI=1S/C11H20O3/c1-7-4-8(2)6-9(5-7)11(3,14)10(12)13/h7-9,14H,4-6H2,1-3H3,(H,12,13). The molecule has 2 N–H and O–H groups in total. The number of carboxylic acids is 1. The molecule has 1 fully saturated rings. The zero-order chi connectivity index (χ0) is 10.9. The molecule has 82 valence electrons. The second-order valence-electron chi connectivity index (χ2n) is 5.07. The molecule has 0 spiro atoms. The van der Waals surface area contributed by atoms with E-state index in [0.29, 0.717) is 11.8 Å². The lowest BCUT2D eigenvalue weighted by atomic mass is 9.70. The highest BCUT2D eigenvalue weighted by Gasteiger charge is 2.42. The molecular weight excluding hydrogens is 180 g/mol.